The maximum atomic E-state index is 3.98. The Kier molecular flexibility index (Phi) is 9.37. The van der Waals surface area contributed by atoms with Crippen LogP contribution in [-0.2, 0) is 12.8 Å². The zero-order chi connectivity index (χ0) is 19.1. The van der Waals surface area contributed by atoms with E-state index in [1.54, 1.807) is 0 Å². The number of nitrogens with one attached hydrogen (secondary N) is 2. The second-order valence-electron chi connectivity index (χ2n) is 6.94. The first kappa shape index (κ1) is 23.0. The van der Waals surface area contributed by atoms with Gasteiger partial charge in [-0.1, -0.05) is 59.3 Å². The molecular weight excluding hydrogens is 396 g/mol. The van der Waals surface area contributed by atoms with Gasteiger partial charge in [-0.15, -0.1) is 6.58 Å². The van der Waals surface area contributed by atoms with Crippen LogP contribution in [0.1, 0.15) is 44.9 Å². The number of benzene rings is 2. The van der Waals surface area contributed by atoms with Crippen LogP contribution in [0, 0.1) is 0 Å². The lowest BCUT2D eigenvalue weighted by molar-refractivity contribution is 1.10. The molecule has 4 rings (SSSR count). The van der Waals surface area contributed by atoms with E-state index in [4.69, 9.17) is 0 Å². The summed E-state index contributed by atoms with van der Waals surface area (Å²) in [5, 5.41) is 6.67. The summed E-state index contributed by atoms with van der Waals surface area (Å²) >= 11 is 3.51. The second kappa shape index (κ2) is 11.0. The normalized spacial score (nSPS) is 12.4. The van der Waals surface area contributed by atoms with Gasteiger partial charge in [0.2, 0.25) is 0 Å². The van der Waals surface area contributed by atoms with Gasteiger partial charge in [0.05, 0.1) is 0 Å². The molecule has 0 unspecified atom stereocenters. The standard InChI is InChI=1S/C11H13N.C8H8BrN.C4H8.CH4/c1-8(2)9-4-3-5-11-10(9)6-7-12-11;9-7-2-1-3-8-6(7)4-5-10-8;1-4(2)3;/h3-5,12H,1,6-7H2,2H3;1-3,10H,4-5H2;1H2,2-3H3;1H4. The number of anilines is 2. The quantitative estimate of drug-likeness (QED) is 0.464. The molecule has 2 heterocycles. The molecule has 2 aromatic carbocycles. The molecule has 2 N–H and O–H groups in total. The third kappa shape index (κ3) is 6.59. The summed E-state index contributed by atoms with van der Waals surface area (Å²) in [6.45, 7) is 15.7. The van der Waals surface area contributed by atoms with Crippen LogP contribution in [0.3, 0.4) is 0 Å². The summed E-state index contributed by atoms with van der Waals surface area (Å²) in [7, 11) is 0. The van der Waals surface area contributed by atoms with Crippen LogP contribution in [0.2, 0.25) is 0 Å². The minimum Gasteiger partial charge on any atom is -0.384 e. The number of hydrogen-bond acceptors (Lipinski definition) is 2. The van der Waals surface area contributed by atoms with E-state index in [1.165, 1.54) is 38.1 Å². The molecule has 0 radical (unpaired) electrons. The van der Waals surface area contributed by atoms with Crippen LogP contribution in [0.15, 0.2) is 59.6 Å². The van der Waals surface area contributed by atoms with Crippen LogP contribution >= 0.6 is 15.9 Å². The number of halogens is 1. The molecule has 27 heavy (non-hydrogen) atoms. The zero-order valence-electron chi connectivity index (χ0n) is 16.1. The highest BCUT2D eigenvalue weighted by Gasteiger charge is 2.13. The van der Waals surface area contributed by atoms with E-state index in [0.29, 0.717) is 0 Å². The van der Waals surface area contributed by atoms with Gasteiger partial charge in [-0.2, -0.15) is 0 Å². The van der Waals surface area contributed by atoms with E-state index in [2.05, 4.69) is 83.0 Å². The van der Waals surface area contributed by atoms with Crippen molar-refractivity contribution in [3.63, 3.8) is 0 Å². The fourth-order valence-electron chi connectivity index (χ4n) is 3.04. The Hall–Kier alpha value is -2.00. The molecule has 0 spiro atoms. The first-order valence-corrected chi connectivity index (χ1v) is 9.84. The molecule has 2 nitrogen and oxygen atoms in total. The maximum Gasteiger partial charge on any atom is 0.0384 e. The van der Waals surface area contributed by atoms with Crippen LogP contribution in [0.25, 0.3) is 5.57 Å². The van der Waals surface area contributed by atoms with Crippen molar-refractivity contribution in [2.24, 2.45) is 0 Å². The summed E-state index contributed by atoms with van der Waals surface area (Å²) in [6, 6.07) is 12.6. The van der Waals surface area contributed by atoms with Gasteiger partial charge in [0.25, 0.3) is 0 Å². The third-order valence-corrected chi connectivity index (χ3v) is 4.88. The van der Waals surface area contributed by atoms with E-state index < -0.39 is 0 Å². The highest BCUT2D eigenvalue weighted by atomic mass is 79.9. The van der Waals surface area contributed by atoms with E-state index in [-0.39, 0.29) is 7.43 Å². The van der Waals surface area contributed by atoms with E-state index >= 15 is 0 Å². The van der Waals surface area contributed by atoms with Crippen LogP contribution in [0.5, 0.6) is 0 Å². The molecule has 0 bridgehead atoms. The highest BCUT2D eigenvalue weighted by Crippen LogP contribution is 2.29. The van der Waals surface area contributed by atoms with Crippen LogP contribution in [-0.4, -0.2) is 13.1 Å². The van der Waals surface area contributed by atoms with Crippen molar-refractivity contribution in [2.75, 3.05) is 23.7 Å². The van der Waals surface area contributed by atoms with Gasteiger partial charge in [-0.05, 0) is 68.5 Å². The molecule has 0 atom stereocenters. The van der Waals surface area contributed by atoms with Gasteiger partial charge in [0, 0.05) is 28.9 Å². The minimum atomic E-state index is 0. The lowest BCUT2D eigenvalue weighted by atomic mass is 10.0. The Morgan fingerprint density at radius 2 is 1.33 bits per heavy atom. The molecule has 2 aromatic rings. The predicted octanol–water partition coefficient (Wildman–Crippen LogP) is 7.32. The molecule has 2 aliphatic rings. The summed E-state index contributed by atoms with van der Waals surface area (Å²) in [6.07, 6.45) is 2.29. The fourth-order valence-corrected chi connectivity index (χ4v) is 3.61. The average molecular weight is 429 g/mol. The molecule has 0 saturated heterocycles. The Morgan fingerprint density at radius 3 is 1.85 bits per heavy atom. The van der Waals surface area contributed by atoms with E-state index in [9.17, 15) is 0 Å². The molecule has 0 fully saturated rings. The lowest BCUT2D eigenvalue weighted by Gasteiger charge is -2.06. The summed E-state index contributed by atoms with van der Waals surface area (Å²) in [5.41, 5.74) is 9.07. The summed E-state index contributed by atoms with van der Waals surface area (Å²) in [4.78, 5) is 0. The monoisotopic (exact) mass is 428 g/mol. The lowest BCUT2D eigenvalue weighted by Crippen LogP contribution is -1.90. The number of fused-ring (bicyclic) bond motifs is 2. The van der Waals surface area contributed by atoms with E-state index in [0.717, 1.165) is 31.5 Å². The summed E-state index contributed by atoms with van der Waals surface area (Å²) in [5.74, 6) is 0. The van der Waals surface area contributed by atoms with Crippen molar-refractivity contribution < 1.29 is 0 Å². The van der Waals surface area contributed by atoms with Crippen molar-refractivity contribution in [1.29, 1.82) is 0 Å². The smallest absolute Gasteiger partial charge is 0.0384 e. The minimum absolute atomic E-state index is 0. The molecule has 2 aliphatic heterocycles. The maximum absolute atomic E-state index is 3.98. The Bertz CT molecular complexity index is 789. The first-order valence-electron chi connectivity index (χ1n) is 9.05. The van der Waals surface area contributed by atoms with Crippen molar-refractivity contribution in [3.05, 3.63) is 76.3 Å². The first-order chi connectivity index (χ1) is 12.4. The molecular formula is C24H33BrN2. The van der Waals surface area contributed by atoms with Gasteiger partial charge in [-0.3, -0.25) is 0 Å². The molecule has 0 saturated carbocycles. The van der Waals surface area contributed by atoms with Crippen molar-refractivity contribution in [2.45, 2.75) is 41.0 Å². The van der Waals surface area contributed by atoms with Crippen molar-refractivity contribution in [3.8, 4) is 0 Å². The highest BCUT2D eigenvalue weighted by molar-refractivity contribution is 9.10. The second-order valence-corrected chi connectivity index (χ2v) is 7.79. The fraction of sp³-hybridized carbons (Fsp3) is 0.333. The number of hydrogen-bond donors (Lipinski definition) is 2. The Balaban J connectivity index is 0.000000222. The average Bonchev–Trinajstić information content (AvgIpc) is 3.24. The molecule has 3 heteroatoms. The number of rotatable bonds is 1. The predicted molar refractivity (Wildman–Crippen MR) is 127 cm³/mol. The van der Waals surface area contributed by atoms with Gasteiger partial charge in [-0.25, -0.2) is 0 Å². The molecule has 0 aromatic heterocycles. The van der Waals surface area contributed by atoms with E-state index in [1.807, 2.05) is 13.8 Å². The van der Waals surface area contributed by atoms with Gasteiger partial charge in [0.1, 0.15) is 0 Å². The van der Waals surface area contributed by atoms with Crippen LogP contribution < -0.4 is 10.6 Å². The largest absolute Gasteiger partial charge is 0.384 e. The van der Waals surface area contributed by atoms with Gasteiger partial charge >= 0.3 is 0 Å². The topological polar surface area (TPSA) is 24.1 Å². The Labute approximate surface area is 173 Å². The summed E-state index contributed by atoms with van der Waals surface area (Å²) < 4.78 is 1.23. The van der Waals surface area contributed by atoms with Crippen molar-refractivity contribution >= 4 is 32.9 Å². The van der Waals surface area contributed by atoms with Gasteiger partial charge < -0.3 is 10.6 Å². The molecule has 146 valence electrons. The number of allylic oxidation sites excluding steroid dienone is 2. The Morgan fingerprint density at radius 1 is 0.852 bits per heavy atom. The third-order valence-electron chi connectivity index (χ3n) is 4.14. The van der Waals surface area contributed by atoms with Crippen LogP contribution in [0.4, 0.5) is 11.4 Å². The molecule has 0 amide bonds. The SMILES string of the molecule is Brc1cccc2c1CCN2.C.C=C(C)C.C=C(C)c1cccc2c1CCN2. The zero-order valence-corrected chi connectivity index (χ0v) is 17.7. The van der Waals surface area contributed by atoms with Gasteiger partial charge in [0.15, 0.2) is 0 Å². The molecule has 0 aliphatic carbocycles. The van der Waals surface area contributed by atoms with Crippen molar-refractivity contribution in [1.82, 2.24) is 0 Å².